The third-order valence-electron chi connectivity index (χ3n) is 9.76. The molecule has 0 aliphatic heterocycles. The van der Waals surface area contributed by atoms with Gasteiger partial charge in [-0.05, 0) is 99.4 Å². The second-order valence-corrected chi connectivity index (χ2v) is 10.8. The average Bonchev–Trinajstić information content (AvgIpc) is 3.05. The zero-order valence-corrected chi connectivity index (χ0v) is 19.3. The Balaban J connectivity index is 1.56. The normalized spacial score (nSPS) is 42.8. The van der Waals surface area contributed by atoms with Crippen molar-refractivity contribution in [1.82, 2.24) is 0 Å². The molecule has 4 rings (SSSR count). The van der Waals surface area contributed by atoms with Gasteiger partial charge in [-0.25, -0.2) is 0 Å². The molecule has 4 aliphatic rings. The number of carbonyl (C=O) groups excluding carboxylic acids is 1. The summed E-state index contributed by atoms with van der Waals surface area (Å²) in [7, 11) is 0. The smallest absolute Gasteiger partial charge is 0.160 e. The number of carbonyl (C=O) groups is 1. The molecule has 4 aliphatic carbocycles. The van der Waals surface area contributed by atoms with Gasteiger partial charge in [-0.15, -0.1) is 0 Å². The summed E-state index contributed by atoms with van der Waals surface area (Å²) in [6, 6.07) is 0. The minimum Gasteiger partial charge on any atom is -0.353 e. The van der Waals surface area contributed by atoms with Crippen LogP contribution in [0.5, 0.6) is 0 Å². The van der Waals surface area contributed by atoms with E-state index in [1.165, 1.54) is 37.7 Å². The molecule has 3 nitrogen and oxygen atoms in total. The van der Waals surface area contributed by atoms with Crippen LogP contribution in [0, 0.1) is 40.4 Å². The van der Waals surface area contributed by atoms with Crippen molar-refractivity contribution in [1.29, 1.82) is 0 Å². The van der Waals surface area contributed by atoms with Crippen molar-refractivity contribution in [3.8, 4) is 0 Å². The molecule has 0 aromatic carbocycles. The molecule has 0 saturated heterocycles. The molecular formula is C26H42O3. The van der Waals surface area contributed by atoms with E-state index in [1.807, 2.05) is 6.08 Å². The van der Waals surface area contributed by atoms with Gasteiger partial charge in [0.25, 0.3) is 0 Å². The van der Waals surface area contributed by atoms with Crippen LogP contribution < -0.4 is 0 Å². The van der Waals surface area contributed by atoms with Crippen LogP contribution in [-0.4, -0.2) is 25.3 Å². The predicted molar refractivity (Wildman–Crippen MR) is 116 cm³/mol. The van der Waals surface area contributed by atoms with Gasteiger partial charge in [0.05, 0.1) is 0 Å². The maximum atomic E-state index is 12.0. The zero-order valence-electron chi connectivity index (χ0n) is 19.3. The fourth-order valence-corrected chi connectivity index (χ4v) is 8.33. The van der Waals surface area contributed by atoms with Gasteiger partial charge in [-0.2, -0.15) is 0 Å². The molecule has 3 heteroatoms. The number of allylic oxidation sites excluding steroid dienone is 1. The molecular weight excluding hydrogens is 360 g/mol. The van der Waals surface area contributed by atoms with Gasteiger partial charge in [0.2, 0.25) is 0 Å². The van der Waals surface area contributed by atoms with Crippen LogP contribution in [0.1, 0.15) is 86.0 Å². The molecule has 0 N–H and O–H groups in total. The zero-order chi connectivity index (χ0) is 20.8. The first-order valence-corrected chi connectivity index (χ1v) is 12.3. The maximum absolute atomic E-state index is 12.0. The Morgan fingerprint density at radius 2 is 1.72 bits per heavy atom. The Bertz CT molecular complexity index is 648. The summed E-state index contributed by atoms with van der Waals surface area (Å²) in [5.74, 6) is 3.94. The van der Waals surface area contributed by atoms with Gasteiger partial charge < -0.3 is 9.47 Å². The van der Waals surface area contributed by atoms with Crippen LogP contribution in [0.4, 0.5) is 0 Å². The van der Waals surface area contributed by atoms with E-state index in [-0.39, 0.29) is 11.7 Å². The Labute approximate surface area is 178 Å². The molecule has 0 aromatic heterocycles. The Hall–Kier alpha value is -0.670. The summed E-state index contributed by atoms with van der Waals surface area (Å²) < 4.78 is 12.0. The molecule has 3 saturated carbocycles. The fraction of sp³-hybridized carbons (Fsp3) is 0.885. The van der Waals surface area contributed by atoms with Crippen molar-refractivity contribution in [2.24, 2.45) is 40.4 Å². The standard InChI is InChI=1S/C26H42O3/c1-6-28-24(29-7-2)17(3)21-10-11-22-20-9-8-18-16-19(27)12-14-25(18,4)23(20)13-15-26(21,22)5/h16-17,20-24H,6-15H2,1-5H3/t17-,20-,21+,22-,23-,25-,26+/m0/s1. The van der Waals surface area contributed by atoms with Crippen LogP contribution in [0.25, 0.3) is 0 Å². The van der Waals surface area contributed by atoms with Crippen molar-refractivity contribution >= 4 is 5.78 Å². The molecule has 3 fully saturated rings. The van der Waals surface area contributed by atoms with Gasteiger partial charge in [0.15, 0.2) is 12.1 Å². The fourth-order valence-electron chi connectivity index (χ4n) is 8.33. The minimum absolute atomic E-state index is 0.0638. The molecule has 0 unspecified atom stereocenters. The Morgan fingerprint density at radius 1 is 1.00 bits per heavy atom. The molecule has 0 amide bonds. The third-order valence-corrected chi connectivity index (χ3v) is 9.76. The number of hydrogen-bond donors (Lipinski definition) is 0. The number of ether oxygens (including phenoxy) is 2. The second-order valence-electron chi connectivity index (χ2n) is 10.8. The first-order chi connectivity index (χ1) is 13.8. The molecule has 0 aromatic rings. The first-order valence-electron chi connectivity index (χ1n) is 12.3. The number of ketones is 1. The van der Waals surface area contributed by atoms with E-state index in [0.29, 0.717) is 23.0 Å². The highest BCUT2D eigenvalue weighted by atomic mass is 16.7. The van der Waals surface area contributed by atoms with Gasteiger partial charge in [0.1, 0.15) is 0 Å². The van der Waals surface area contributed by atoms with Crippen molar-refractivity contribution in [3.05, 3.63) is 11.6 Å². The molecule has 164 valence electrons. The number of hydrogen-bond acceptors (Lipinski definition) is 3. The minimum atomic E-state index is -0.0638. The Kier molecular flexibility index (Phi) is 6.03. The molecule has 0 heterocycles. The quantitative estimate of drug-likeness (QED) is 0.498. The summed E-state index contributed by atoms with van der Waals surface area (Å²) in [5, 5.41) is 0. The highest BCUT2D eigenvalue weighted by Gasteiger charge is 2.60. The summed E-state index contributed by atoms with van der Waals surface area (Å²) >= 11 is 0. The molecule has 7 atom stereocenters. The van der Waals surface area contributed by atoms with E-state index in [9.17, 15) is 4.79 Å². The average molecular weight is 403 g/mol. The first kappa shape index (κ1) is 21.6. The predicted octanol–water partition coefficient (Wildman–Crippen LogP) is 6.17. The SMILES string of the molecule is CCOC(OCC)[C@@H](C)[C@H]1CC[C@H]2[C@@H]3CCC4=CC(=O)CC[C@]4(C)[C@H]3CC[C@]12C. The van der Waals surface area contributed by atoms with E-state index < -0.39 is 0 Å². The van der Waals surface area contributed by atoms with Crippen LogP contribution in [0.2, 0.25) is 0 Å². The van der Waals surface area contributed by atoms with Crippen LogP contribution in [0.3, 0.4) is 0 Å². The Morgan fingerprint density at radius 3 is 2.41 bits per heavy atom. The number of fused-ring (bicyclic) bond motifs is 5. The van der Waals surface area contributed by atoms with E-state index >= 15 is 0 Å². The lowest BCUT2D eigenvalue weighted by molar-refractivity contribution is -0.186. The largest absolute Gasteiger partial charge is 0.353 e. The van der Waals surface area contributed by atoms with Gasteiger partial charge in [0, 0.05) is 25.6 Å². The van der Waals surface area contributed by atoms with Crippen molar-refractivity contribution in [2.75, 3.05) is 13.2 Å². The van der Waals surface area contributed by atoms with Crippen molar-refractivity contribution < 1.29 is 14.3 Å². The van der Waals surface area contributed by atoms with E-state index in [0.717, 1.165) is 50.2 Å². The van der Waals surface area contributed by atoms with E-state index in [1.54, 1.807) is 0 Å². The van der Waals surface area contributed by atoms with Crippen molar-refractivity contribution in [3.63, 3.8) is 0 Å². The summed E-state index contributed by atoms with van der Waals surface area (Å²) in [6.45, 7) is 13.0. The molecule has 29 heavy (non-hydrogen) atoms. The summed E-state index contributed by atoms with van der Waals surface area (Å²) in [5.41, 5.74) is 2.17. The maximum Gasteiger partial charge on any atom is 0.160 e. The van der Waals surface area contributed by atoms with E-state index in [4.69, 9.17) is 9.47 Å². The molecule has 0 spiro atoms. The lowest BCUT2D eigenvalue weighted by Gasteiger charge is -2.58. The van der Waals surface area contributed by atoms with Crippen LogP contribution >= 0.6 is 0 Å². The van der Waals surface area contributed by atoms with Crippen LogP contribution in [0.15, 0.2) is 11.6 Å². The molecule has 0 bridgehead atoms. The lowest BCUT2D eigenvalue weighted by Crippen LogP contribution is -2.51. The summed E-state index contributed by atoms with van der Waals surface area (Å²) in [4.78, 5) is 12.0. The van der Waals surface area contributed by atoms with Crippen LogP contribution in [-0.2, 0) is 14.3 Å². The highest BCUT2D eigenvalue weighted by molar-refractivity contribution is 5.91. The topological polar surface area (TPSA) is 35.5 Å². The highest BCUT2D eigenvalue weighted by Crippen LogP contribution is 2.67. The van der Waals surface area contributed by atoms with Gasteiger partial charge in [-0.1, -0.05) is 26.3 Å². The van der Waals surface area contributed by atoms with E-state index in [2.05, 4.69) is 34.6 Å². The monoisotopic (exact) mass is 402 g/mol. The summed E-state index contributed by atoms with van der Waals surface area (Å²) in [6.07, 6.45) is 11.6. The number of rotatable bonds is 6. The molecule has 0 radical (unpaired) electrons. The third kappa shape index (κ3) is 3.45. The van der Waals surface area contributed by atoms with Crippen molar-refractivity contribution in [2.45, 2.75) is 92.3 Å². The second kappa shape index (κ2) is 8.11. The van der Waals surface area contributed by atoms with Gasteiger partial charge in [-0.3, -0.25) is 4.79 Å². The van der Waals surface area contributed by atoms with Gasteiger partial charge >= 0.3 is 0 Å². The lowest BCUT2D eigenvalue weighted by atomic mass is 9.46.